The molecule has 1 aromatic carbocycles. The van der Waals surface area contributed by atoms with Crippen LogP contribution in [-0.2, 0) is 0 Å². The molecule has 0 aromatic heterocycles. The van der Waals surface area contributed by atoms with Crippen molar-refractivity contribution in [3.63, 3.8) is 0 Å². The lowest BCUT2D eigenvalue weighted by Gasteiger charge is -2.09. The van der Waals surface area contributed by atoms with Crippen molar-refractivity contribution in [1.29, 1.82) is 0 Å². The number of hydrogen-bond donors (Lipinski definition) is 2. The second-order valence-corrected chi connectivity index (χ2v) is 5.14. The van der Waals surface area contributed by atoms with Crippen molar-refractivity contribution in [2.75, 3.05) is 13.2 Å². The molecule has 100 valence electrons. The second-order valence-electron chi connectivity index (χ2n) is 4.28. The molecule has 0 saturated heterocycles. The molecule has 1 unspecified atom stereocenters. The average molecular weight is 318 g/mol. The van der Waals surface area contributed by atoms with Crippen LogP contribution in [-0.4, -0.2) is 24.2 Å². The third-order valence-corrected chi connectivity index (χ3v) is 3.32. The molecule has 0 saturated carbocycles. The summed E-state index contributed by atoms with van der Waals surface area (Å²) in [6, 6.07) is 4.43. The van der Waals surface area contributed by atoms with Gasteiger partial charge in [0.1, 0.15) is 5.82 Å². The van der Waals surface area contributed by atoms with Crippen LogP contribution in [0.25, 0.3) is 0 Å². The van der Waals surface area contributed by atoms with Gasteiger partial charge in [-0.2, -0.15) is 0 Å². The van der Waals surface area contributed by atoms with E-state index in [1.807, 2.05) is 6.92 Å². The van der Waals surface area contributed by atoms with Gasteiger partial charge in [0.2, 0.25) is 0 Å². The van der Waals surface area contributed by atoms with Gasteiger partial charge < -0.3 is 10.4 Å². The Morgan fingerprint density at radius 1 is 1.56 bits per heavy atom. The van der Waals surface area contributed by atoms with Crippen molar-refractivity contribution in [2.45, 2.75) is 19.8 Å². The number of aliphatic hydroxyl groups is 1. The molecular formula is C13H17BrFNO2. The molecule has 0 bridgehead atoms. The number of hydrogen-bond acceptors (Lipinski definition) is 2. The van der Waals surface area contributed by atoms with E-state index in [0.29, 0.717) is 11.0 Å². The molecule has 0 aliphatic rings. The van der Waals surface area contributed by atoms with Crippen molar-refractivity contribution in [2.24, 2.45) is 5.92 Å². The molecule has 18 heavy (non-hydrogen) atoms. The first-order valence-electron chi connectivity index (χ1n) is 5.89. The Bertz CT molecular complexity index is 392. The van der Waals surface area contributed by atoms with Crippen LogP contribution in [0.5, 0.6) is 0 Å². The van der Waals surface area contributed by atoms with Crippen LogP contribution in [0, 0.1) is 11.7 Å². The average Bonchev–Trinajstić information content (AvgIpc) is 2.34. The number of carbonyl (C=O) groups is 1. The van der Waals surface area contributed by atoms with Gasteiger partial charge in [0.15, 0.2) is 0 Å². The summed E-state index contributed by atoms with van der Waals surface area (Å²) < 4.78 is 13.9. The summed E-state index contributed by atoms with van der Waals surface area (Å²) in [5.41, 5.74) is 0.0349. The van der Waals surface area contributed by atoms with Gasteiger partial charge in [-0.3, -0.25) is 4.79 Å². The molecule has 5 heteroatoms. The Balaban J connectivity index is 2.46. The quantitative estimate of drug-likeness (QED) is 0.793. The Morgan fingerprint density at radius 3 is 2.89 bits per heavy atom. The van der Waals surface area contributed by atoms with E-state index < -0.39 is 11.7 Å². The lowest BCUT2D eigenvalue weighted by atomic mass is 10.1. The maximum Gasteiger partial charge on any atom is 0.255 e. The fraction of sp³-hybridized carbons (Fsp3) is 0.462. The SMILES string of the molecule is CC(CO)CCCNC(=O)c1c(F)cccc1Br. The Labute approximate surface area is 115 Å². The molecule has 0 aliphatic carbocycles. The lowest BCUT2D eigenvalue weighted by molar-refractivity contribution is 0.0947. The highest BCUT2D eigenvalue weighted by Gasteiger charge is 2.14. The van der Waals surface area contributed by atoms with Crippen LogP contribution in [0.3, 0.4) is 0 Å². The summed E-state index contributed by atoms with van der Waals surface area (Å²) >= 11 is 3.16. The van der Waals surface area contributed by atoms with Gasteiger partial charge in [-0.25, -0.2) is 4.39 Å². The molecule has 0 aliphatic heterocycles. The molecule has 0 spiro atoms. The van der Waals surface area contributed by atoms with E-state index in [0.717, 1.165) is 12.8 Å². The summed E-state index contributed by atoms with van der Waals surface area (Å²) in [5.74, 6) is -0.732. The largest absolute Gasteiger partial charge is 0.396 e. The highest BCUT2D eigenvalue weighted by molar-refractivity contribution is 9.10. The number of aliphatic hydroxyl groups excluding tert-OH is 1. The highest BCUT2D eigenvalue weighted by atomic mass is 79.9. The predicted octanol–water partition coefficient (Wildman–Crippen LogP) is 2.73. The van der Waals surface area contributed by atoms with Gasteiger partial charge in [0.25, 0.3) is 5.91 Å². The topological polar surface area (TPSA) is 49.3 Å². The number of rotatable bonds is 6. The zero-order valence-corrected chi connectivity index (χ0v) is 11.8. The third-order valence-electron chi connectivity index (χ3n) is 2.66. The first-order chi connectivity index (χ1) is 8.56. The molecule has 1 atom stereocenters. The number of halogens is 2. The van der Waals surface area contributed by atoms with Gasteiger partial charge in [0.05, 0.1) is 5.56 Å². The molecule has 0 heterocycles. The van der Waals surface area contributed by atoms with E-state index in [1.54, 1.807) is 12.1 Å². The molecule has 0 radical (unpaired) electrons. The van der Waals surface area contributed by atoms with Crippen molar-refractivity contribution in [3.8, 4) is 0 Å². The molecule has 1 amide bonds. The minimum Gasteiger partial charge on any atom is -0.396 e. The highest BCUT2D eigenvalue weighted by Crippen LogP contribution is 2.19. The summed E-state index contributed by atoms with van der Waals surface area (Å²) in [6.07, 6.45) is 1.59. The van der Waals surface area contributed by atoms with Crippen molar-refractivity contribution < 1.29 is 14.3 Å². The first kappa shape index (κ1) is 15.1. The van der Waals surface area contributed by atoms with E-state index in [4.69, 9.17) is 5.11 Å². The molecular weight excluding hydrogens is 301 g/mol. The summed E-state index contributed by atoms with van der Waals surface area (Å²) in [5, 5.41) is 11.5. The van der Waals surface area contributed by atoms with Gasteiger partial charge in [0, 0.05) is 17.6 Å². The van der Waals surface area contributed by atoms with Gasteiger partial charge >= 0.3 is 0 Å². The smallest absolute Gasteiger partial charge is 0.255 e. The van der Waals surface area contributed by atoms with Crippen molar-refractivity contribution in [1.82, 2.24) is 5.32 Å². The van der Waals surface area contributed by atoms with Crippen LogP contribution in [0.1, 0.15) is 30.1 Å². The van der Waals surface area contributed by atoms with Crippen LogP contribution in [0.15, 0.2) is 22.7 Å². The number of amides is 1. The third kappa shape index (κ3) is 4.38. The molecule has 0 fully saturated rings. The minimum atomic E-state index is -0.536. The summed E-state index contributed by atoms with van der Waals surface area (Å²) in [7, 11) is 0. The minimum absolute atomic E-state index is 0.0349. The molecule has 2 N–H and O–H groups in total. The Kier molecular flexibility index (Phi) is 6.29. The maximum absolute atomic E-state index is 13.5. The van der Waals surface area contributed by atoms with Crippen molar-refractivity contribution >= 4 is 21.8 Å². The maximum atomic E-state index is 13.5. The summed E-state index contributed by atoms with van der Waals surface area (Å²) in [4.78, 5) is 11.8. The summed E-state index contributed by atoms with van der Waals surface area (Å²) in [6.45, 7) is 2.56. The van der Waals surface area contributed by atoms with Gasteiger partial charge in [-0.1, -0.05) is 13.0 Å². The van der Waals surface area contributed by atoms with Gasteiger partial charge in [-0.05, 0) is 46.8 Å². The Hall–Kier alpha value is -0.940. The Morgan fingerprint density at radius 2 is 2.28 bits per heavy atom. The van der Waals surface area contributed by atoms with Crippen LogP contribution in [0.4, 0.5) is 4.39 Å². The molecule has 1 aromatic rings. The zero-order chi connectivity index (χ0) is 13.5. The number of carbonyl (C=O) groups excluding carboxylic acids is 1. The van der Waals surface area contributed by atoms with Crippen molar-refractivity contribution in [3.05, 3.63) is 34.1 Å². The van der Waals surface area contributed by atoms with Gasteiger partial charge in [-0.15, -0.1) is 0 Å². The second kappa shape index (κ2) is 7.48. The zero-order valence-electron chi connectivity index (χ0n) is 10.2. The normalized spacial score (nSPS) is 12.2. The predicted molar refractivity (Wildman–Crippen MR) is 71.9 cm³/mol. The van der Waals surface area contributed by atoms with Crippen LogP contribution in [0.2, 0.25) is 0 Å². The lowest BCUT2D eigenvalue weighted by Crippen LogP contribution is -2.26. The van der Waals surface area contributed by atoms with Crippen LogP contribution < -0.4 is 5.32 Å². The first-order valence-corrected chi connectivity index (χ1v) is 6.68. The molecule has 1 rings (SSSR count). The van der Waals surface area contributed by atoms with Crippen LogP contribution >= 0.6 is 15.9 Å². The number of nitrogens with one attached hydrogen (secondary N) is 1. The number of benzene rings is 1. The fourth-order valence-electron chi connectivity index (χ4n) is 1.55. The standard InChI is InChI=1S/C13H17BrFNO2/c1-9(8-17)4-3-7-16-13(18)12-10(14)5-2-6-11(12)15/h2,5-6,9,17H,3-4,7-8H2,1H3,(H,16,18). The monoisotopic (exact) mass is 317 g/mol. The molecule has 3 nitrogen and oxygen atoms in total. The fourth-order valence-corrected chi connectivity index (χ4v) is 2.07. The van der Waals surface area contributed by atoms with E-state index in [9.17, 15) is 9.18 Å². The van der Waals surface area contributed by atoms with E-state index >= 15 is 0 Å². The van der Waals surface area contributed by atoms with E-state index in [1.165, 1.54) is 6.07 Å². The van der Waals surface area contributed by atoms with E-state index in [-0.39, 0.29) is 18.1 Å². The van der Waals surface area contributed by atoms with E-state index in [2.05, 4.69) is 21.2 Å².